The van der Waals surface area contributed by atoms with Crippen molar-refractivity contribution in [3.63, 3.8) is 0 Å². The smallest absolute Gasteiger partial charge is 0.123 e. The predicted molar refractivity (Wildman–Crippen MR) is 59.8 cm³/mol. The lowest BCUT2D eigenvalue weighted by atomic mass is 10.0. The summed E-state index contributed by atoms with van der Waals surface area (Å²) < 4.78 is 13.0. The van der Waals surface area contributed by atoms with Crippen molar-refractivity contribution < 1.29 is 9.50 Å². The number of rotatable bonds is 2. The van der Waals surface area contributed by atoms with Gasteiger partial charge in [0.2, 0.25) is 0 Å². The number of hydrogen-bond acceptors (Lipinski definition) is 2. The van der Waals surface area contributed by atoms with Crippen LogP contribution in [0.15, 0.2) is 35.0 Å². The molecule has 0 bridgehead atoms. The fourth-order valence-electron chi connectivity index (χ4n) is 1.33. The molecule has 15 heavy (non-hydrogen) atoms. The lowest BCUT2D eigenvalue weighted by Gasteiger charge is -2.11. The van der Waals surface area contributed by atoms with Crippen molar-refractivity contribution in [2.24, 2.45) is 0 Å². The normalized spacial score (nSPS) is 12.7. The van der Waals surface area contributed by atoms with E-state index in [0.717, 1.165) is 5.56 Å². The monoisotopic (exact) mass is 242 g/mol. The van der Waals surface area contributed by atoms with Crippen molar-refractivity contribution >= 4 is 22.9 Å². The summed E-state index contributed by atoms with van der Waals surface area (Å²) in [5.74, 6) is -0.399. The molecule has 0 aliphatic carbocycles. The Bertz CT molecular complexity index is 456. The maximum Gasteiger partial charge on any atom is 0.123 e. The molecule has 1 N–H and O–H groups in total. The molecular formula is C11H8ClFOS. The molecule has 1 unspecified atom stereocenters. The third kappa shape index (κ3) is 2.20. The van der Waals surface area contributed by atoms with Gasteiger partial charge < -0.3 is 5.11 Å². The Labute approximate surface area is 95.8 Å². The van der Waals surface area contributed by atoms with Crippen LogP contribution >= 0.6 is 22.9 Å². The molecule has 4 heteroatoms. The average Bonchev–Trinajstić information content (AvgIpc) is 2.74. The molecule has 2 aromatic rings. The van der Waals surface area contributed by atoms with Crippen molar-refractivity contribution in [2.75, 3.05) is 0 Å². The lowest BCUT2D eigenvalue weighted by molar-refractivity contribution is 0.220. The number of aliphatic hydroxyl groups is 1. The molecule has 0 radical (unpaired) electrons. The van der Waals surface area contributed by atoms with Gasteiger partial charge in [0, 0.05) is 10.6 Å². The van der Waals surface area contributed by atoms with E-state index in [4.69, 9.17) is 11.6 Å². The number of aliphatic hydroxyl groups excluding tert-OH is 1. The summed E-state index contributed by atoms with van der Waals surface area (Å²) in [5, 5.41) is 14.0. The van der Waals surface area contributed by atoms with E-state index >= 15 is 0 Å². The summed E-state index contributed by atoms with van der Waals surface area (Å²) in [6.45, 7) is 0. The molecule has 0 amide bonds. The summed E-state index contributed by atoms with van der Waals surface area (Å²) in [4.78, 5) is 0. The van der Waals surface area contributed by atoms with Gasteiger partial charge in [-0.3, -0.25) is 0 Å². The van der Waals surface area contributed by atoms with Gasteiger partial charge in [-0.1, -0.05) is 11.6 Å². The summed E-state index contributed by atoms with van der Waals surface area (Å²) in [6, 6.07) is 5.76. The third-order valence-electron chi connectivity index (χ3n) is 2.11. The van der Waals surface area contributed by atoms with Gasteiger partial charge in [0.1, 0.15) is 11.9 Å². The van der Waals surface area contributed by atoms with Gasteiger partial charge in [-0.25, -0.2) is 4.39 Å². The van der Waals surface area contributed by atoms with Crippen LogP contribution in [0.4, 0.5) is 4.39 Å². The Morgan fingerprint density at radius 3 is 2.80 bits per heavy atom. The maximum atomic E-state index is 13.0. The zero-order valence-corrected chi connectivity index (χ0v) is 9.23. The molecule has 1 aromatic heterocycles. The van der Waals surface area contributed by atoms with E-state index in [1.807, 2.05) is 10.8 Å². The molecule has 0 saturated heterocycles. The van der Waals surface area contributed by atoms with Crippen LogP contribution in [0.1, 0.15) is 17.2 Å². The molecule has 1 aromatic carbocycles. The van der Waals surface area contributed by atoms with Gasteiger partial charge in [0.15, 0.2) is 0 Å². The van der Waals surface area contributed by atoms with Gasteiger partial charge >= 0.3 is 0 Å². The third-order valence-corrected chi connectivity index (χ3v) is 3.16. The first kappa shape index (κ1) is 10.6. The predicted octanol–water partition coefficient (Wildman–Crippen LogP) is 3.62. The van der Waals surface area contributed by atoms with Crippen LogP contribution in [-0.4, -0.2) is 5.11 Å². The molecule has 0 saturated carbocycles. The number of halogens is 2. The Morgan fingerprint density at radius 2 is 2.13 bits per heavy atom. The Balaban J connectivity index is 2.41. The minimum atomic E-state index is -0.862. The van der Waals surface area contributed by atoms with Crippen LogP contribution in [0, 0.1) is 5.82 Å². The van der Waals surface area contributed by atoms with Gasteiger partial charge in [0.05, 0.1) is 0 Å². The van der Waals surface area contributed by atoms with E-state index < -0.39 is 11.9 Å². The number of benzene rings is 1. The summed E-state index contributed by atoms with van der Waals surface area (Å²) in [7, 11) is 0. The molecule has 1 heterocycles. The standard InChI is InChI=1S/C11H8ClFOS/c12-10-2-1-8(13)5-9(10)11(14)7-3-4-15-6-7/h1-6,11,14H. The second-order valence-corrected chi connectivity index (χ2v) is 4.31. The van der Waals surface area contributed by atoms with Gasteiger partial charge in [0.25, 0.3) is 0 Å². The molecule has 0 spiro atoms. The van der Waals surface area contributed by atoms with E-state index in [0.29, 0.717) is 10.6 Å². The Morgan fingerprint density at radius 1 is 1.33 bits per heavy atom. The van der Waals surface area contributed by atoms with Crippen LogP contribution in [0.2, 0.25) is 5.02 Å². The molecule has 0 fully saturated rings. The summed E-state index contributed by atoms with van der Waals surface area (Å²) >= 11 is 7.36. The molecule has 1 atom stereocenters. The highest BCUT2D eigenvalue weighted by atomic mass is 35.5. The molecule has 78 valence electrons. The first-order chi connectivity index (χ1) is 7.18. The van der Waals surface area contributed by atoms with E-state index in [1.165, 1.54) is 29.5 Å². The summed E-state index contributed by atoms with van der Waals surface area (Å²) in [5.41, 5.74) is 1.13. The SMILES string of the molecule is OC(c1ccsc1)c1cc(F)ccc1Cl. The molecule has 1 nitrogen and oxygen atoms in total. The Kier molecular flexibility index (Phi) is 3.05. The first-order valence-corrected chi connectivity index (χ1v) is 5.65. The van der Waals surface area contributed by atoms with Crippen molar-refractivity contribution in [3.8, 4) is 0 Å². The van der Waals surface area contributed by atoms with E-state index in [2.05, 4.69) is 0 Å². The topological polar surface area (TPSA) is 20.2 Å². The number of hydrogen-bond donors (Lipinski definition) is 1. The summed E-state index contributed by atoms with van der Waals surface area (Å²) in [6.07, 6.45) is -0.862. The van der Waals surface area contributed by atoms with Crippen molar-refractivity contribution in [1.82, 2.24) is 0 Å². The highest BCUT2D eigenvalue weighted by molar-refractivity contribution is 7.07. The Hall–Kier alpha value is -0.900. The first-order valence-electron chi connectivity index (χ1n) is 4.33. The van der Waals surface area contributed by atoms with E-state index in [9.17, 15) is 9.50 Å². The average molecular weight is 243 g/mol. The zero-order valence-electron chi connectivity index (χ0n) is 7.65. The van der Waals surface area contributed by atoms with Gasteiger partial charge in [-0.2, -0.15) is 11.3 Å². The van der Waals surface area contributed by atoms with Crippen LogP contribution in [-0.2, 0) is 0 Å². The largest absolute Gasteiger partial charge is 0.384 e. The second kappa shape index (κ2) is 4.31. The molecule has 0 aliphatic heterocycles. The fourth-order valence-corrected chi connectivity index (χ4v) is 2.23. The van der Waals surface area contributed by atoms with Crippen molar-refractivity contribution in [1.29, 1.82) is 0 Å². The highest BCUT2D eigenvalue weighted by Gasteiger charge is 2.14. The molecule has 0 aliphatic rings. The van der Waals surface area contributed by atoms with Gasteiger partial charge in [-0.05, 0) is 40.6 Å². The van der Waals surface area contributed by atoms with Crippen LogP contribution in [0.5, 0.6) is 0 Å². The van der Waals surface area contributed by atoms with E-state index in [1.54, 1.807) is 6.07 Å². The number of thiophene rings is 1. The van der Waals surface area contributed by atoms with Crippen molar-refractivity contribution in [2.45, 2.75) is 6.10 Å². The van der Waals surface area contributed by atoms with Crippen molar-refractivity contribution in [3.05, 3.63) is 57.0 Å². The maximum absolute atomic E-state index is 13.0. The fraction of sp³-hybridized carbons (Fsp3) is 0.0909. The van der Waals surface area contributed by atoms with Crippen LogP contribution in [0.25, 0.3) is 0 Å². The van der Waals surface area contributed by atoms with Crippen LogP contribution in [0.3, 0.4) is 0 Å². The minimum absolute atomic E-state index is 0.370. The zero-order chi connectivity index (χ0) is 10.8. The minimum Gasteiger partial charge on any atom is -0.384 e. The quantitative estimate of drug-likeness (QED) is 0.853. The highest BCUT2D eigenvalue weighted by Crippen LogP contribution is 2.29. The van der Waals surface area contributed by atoms with Gasteiger partial charge in [-0.15, -0.1) is 0 Å². The lowest BCUT2D eigenvalue weighted by Crippen LogP contribution is -1.99. The van der Waals surface area contributed by atoms with E-state index in [-0.39, 0.29) is 0 Å². The molecular weight excluding hydrogens is 235 g/mol. The van der Waals surface area contributed by atoms with Crippen LogP contribution < -0.4 is 0 Å². The second-order valence-electron chi connectivity index (χ2n) is 3.13. The molecule has 2 rings (SSSR count).